The van der Waals surface area contributed by atoms with Crippen LogP contribution in [0.1, 0.15) is 29.5 Å². The van der Waals surface area contributed by atoms with Crippen molar-refractivity contribution in [3.8, 4) is 18.1 Å². The zero-order chi connectivity index (χ0) is 13.8. The predicted octanol–water partition coefficient (Wildman–Crippen LogP) is 3.30. The number of nitrogen functional groups attached to an aromatic ring is 1. The standard InChI is InChI=1S/C17H17NO/c1-3-4-13-5-7-14(8-6-13)12(2)15-9-10-17(19)16(18)11-15/h1,5-12,19H,4,18H2,2H3. The molecule has 96 valence electrons. The fourth-order valence-corrected chi connectivity index (χ4v) is 2.08. The molecule has 0 aromatic heterocycles. The van der Waals surface area contributed by atoms with Crippen molar-refractivity contribution in [2.24, 2.45) is 0 Å². The van der Waals surface area contributed by atoms with Crippen molar-refractivity contribution in [1.29, 1.82) is 0 Å². The van der Waals surface area contributed by atoms with Gasteiger partial charge in [0, 0.05) is 12.3 Å². The Morgan fingerprint density at radius 2 is 1.79 bits per heavy atom. The molecule has 0 radical (unpaired) electrons. The molecule has 0 saturated heterocycles. The first-order valence-electron chi connectivity index (χ1n) is 6.22. The highest BCUT2D eigenvalue weighted by Gasteiger charge is 2.10. The first kappa shape index (κ1) is 13.0. The molecule has 1 unspecified atom stereocenters. The Hall–Kier alpha value is -2.40. The molecule has 0 aliphatic heterocycles. The number of rotatable bonds is 3. The molecule has 19 heavy (non-hydrogen) atoms. The van der Waals surface area contributed by atoms with Crippen LogP contribution in [0, 0.1) is 12.3 Å². The topological polar surface area (TPSA) is 46.2 Å². The number of nitrogens with two attached hydrogens (primary N) is 1. The van der Waals surface area contributed by atoms with Crippen LogP contribution in [-0.2, 0) is 6.42 Å². The summed E-state index contributed by atoms with van der Waals surface area (Å²) in [5.74, 6) is 2.98. The molecule has 0 saturated carbocycles. The quantitative estimate of drug-likeness (QED) is 0.499. The third-order valence-corrected chi connectivity index (χ3v) is 3.34. The molecule has 2 aromatic carbocycles. The maximum Gasteiger partial charge on any atom is 0.138 e. The number of phenolic OH excluding ortho intramolecular Hbond substituents is 1. The van der Waals surface area contributed by atoms with E-state index >= 15 is 0 Å². The van der Waals surface area contributed by atoms with Crippen molar-refractivity contribution in [1.82, 2.24) is 0 Å². The Labute approximate surface area is 113 Å². The van der Waals surface area contributed by atoms with Crippen LogP contribution in [0.2, 0.25) is 0 Å². The number of benzene rings is 2. The normalized spacial score (nSPS) is 11.8. The molecule has 0 aliphatic rings. The number of terminal acetylenes is 1. The second-order valence-corrected chi connectivity index (χ2v) is 4.66. The minimum Gasteiger partial charge on any atom is -0.506 e. The van der Waals surface area contributed by atoms with E-state index in [1.54, 1.807) is 6.07 Å². The van der Waals surface area contributed by atoms with Crippen LogP contribution in [-0.4, -0.2) is 5.11 Å². The molecular weight excluding hydrogens is 234 g/mol. The molecule has 2 heteroatoms. The van der Waals surface area contributed by atoms with E-state index in [0.29, 0.717) is 12.1 Å². The van der Waals surface area contributed by atoms with Crippen LogP contribution >= 0.6 is 0 Å². The molecule has 1 atom stereocenters. The van der Waals surface area contributed by atoms with Gasteiger partial charge < -0.3 is 10.8 Å². The van der Waals surface area contributed by atoms with Gasteiger partial charge in [-0.1, -0.05) is 37.3 Å². The zero-order valence-electron chi connectivity index (χ0n) is 10.9. The largest absolute Gasteiger partial charge is 0.506 e. The highest BCUT2D eigenvalue weighted by Crippen LogP contribution is 2.29. The number of anilines is 1. The molecule has 3 N–H and O–H groups in total. The number of hydrogen-bond donors (Lipinski definition) is 2. The summed E-state index contributed by atoms with van der Waals surface area (Å²) in [6.07, 6.45) is 5.95. The third-order valence-electron chi connectivity index (χ3n) is 3.34. The van der Waals surface area contributed by atoms with Crippen LogP contribution in [0.25, 0.3) is 0 Å². The lowest BCUT2D eigenvalue weighted by atomic mass is 9.92. The minimum absolute atomic E-state index is 0.125. The van der Waals surface area contributed by atoms with E-state index in [4.69, 9.17) is 12.2 Å². The lowest BCUT2D eigenvalue weighted by molar-refractivity contribution is 0.477. The summed E-state index contributed by atoms with van der Waals surface area (Å²) in [6.45, 7) is 2.11. The van der Waals surface area contributed by atoms with Gasteiger partial charge >= 0.3 is 0 Å². The zero-order valence-corrected chi connectivity index (χ0v) is 10.9. The van der Waals surface area contributed by atoms with Gasteiger partial charge in [-0.05, 0) is 28.8 Å². The molecule has 0 aliphatic carbocycles. The average Bonchev–Trinajstić information content (AvgIpc) is 2.42. The predicted molar refractivity (Wildman–Crippen MR) is 79.0 cm³/mol. The second-order valence-electron chi connectivity index (χ2n) is 4.66. The SMILES string of the molecule is C#CCc1ccc(C(C)c2ccc(O)c(N)c2)cc1. The van der Waals surface area contributed by atoms with E-state index in [1.807, 2.05) is 12.1 Å². The summed E-state index contributed by atoms with van der Waals surface area (Å²) in [4.78, 5) is 0. The van der Waals surface area contributed by atoms with Crippen molar-refractivity contribution in [3.63, 3.8) is 0 Å². The molecule has 2 nitrogen and oxygen atoms in total. The summed E-state index contributed by atoms with van der Waals surface area (Å²) in [6, 6.07) is 13.6. The summed E-state index contributed by atoms with van der Waals surface area (Å²) in [7, 11) is 0. The van der Waals surface area contributed by atoms with Crippen LogP contribution in [0.15, 0.2) is 42.5 Å². The Morgan fingerprint density at radius 1 is 1.16 bits per heavy atom. The molecule has 2 rings (SSSR count). The van der Waals surface area contributed by atoms with Gasteiger partial charge in [-0.3, -0.25) is 0 Å². The van der Waals surface area contributed by atoms with Gasteiger partial charge in [0.1, 0.15) is 5.75 Å². The highest BCUT2D eigenvalue weighted by atomic mass is 16.3. The van der Waals surface area contributed by atoms with Crippen LogP contribution in [0.3, 0.4) is 0 Å². The summed E-state index contributed by atoms with van der Waals surface area (Å²) >= 11 is 0. The van der Waals surface area contributed by atoms with Gasteiger partial charge in [0.2, 0.25) is 0 Å². The van der Waals surface area contributed by atoms with Crippen molar-refractivity contribution < 1.29 is 5.11 Å². The number of phenols is 1. The molecule has 0 fully saturated rings. The first-order chi connectivity index (χ1) is 9.11. The Balaban J connectivity index is 2.25. The van der Waals surface area contributed by atoms with E-state index in [1.165, 1.54) is 5.56 Å². The monoisotopic (exact) mass is 251 g/mol. The lowest BCUT2D eigenvalue weighted by Crippen LogP contribution is -1.98. The van der Waals surface area contributed by atoms with E-state index < -0.39 is 0 Å². The maximum atomic E-state index is 9.45. The highest BCUT2D eigenvalue weighted by molar-refractivity contribution is 5.54. The van der Waals surface area contributed by atoms with E-state index in [2.05, 4.69) is 37.1 Å². The fourth-order valence-electron chi connectivity index (χ4n) is 2.08. The summed E-state index contributed by atoms with van der Waals surface area (Å²) < 4.78 is 0. The Bertz CT molecular complexity index is 608. The smallest absolute Gasteiger partial charge is 0.138 e. The Kier molecular flexibility index (Phi) is 3.77. The second kappa shape index (κ2) is 5.49. The molecule has 2 aromatic rings. The molecule has 0 heterocycles. The van der Waals surface area contributed by atoms with E-state index in [-0.39, 0.29) is 11.7 Å². The van der Waals surface area contributed by atoms with Crippen LogP contribution < -0.4 is 5.73 Å². The van der Waals surface area contributed by atoms with Crippen molar-refractivity contribution in [2.75, 3.05) is 5.73 Å². The summed E-state index contributed by atoms with van der Waals surface area (Å²) in [5.41, 5.74) is 9.56. The van der Waals surface area contributed by atoms with Gasteiger partial charge in [-0.2, -0.15) is 0 Å². The van der Waals surface area contributed by atoms with Gasteiger partial charge in [-0.25, -0.2) is 0 Å². The van der Waals surface area contributed by atoms with Crippen molar-refractivity contribution in [2.45, 2.75) is 19.3 Å². The molecule has 0 bridgehead atoms. The van der Waals surface area contributed by atoms with Gasteiger partial charge in [-0.15, -0.1) is 12.3 Å². The fraction of sp³-hybridized carbons (Fsp3) is 0.176. The minimum atomic E-state index is 0.125. The van der Waals surface area contributed by atoms with Crippen LogP contribution in [0.5, 0.6) is 5.75 Å². The van der Waals surface area contributed by atoms with Crippen molar-refractivity contribution in [3.05, 3.63) is 59.2 Å². The van der Waals surface area contributed by atoms with Gasteiger partial charge in [0.15, 0.2) is 0 Å². The Morgan fingerprint density at radius 3 is 2.37 bits per heavy atom. The first-order valence-corrected chi connectivity index (χ1v) is 6.22. The van der Waals surface area contributed by atoms with E-state index in [9.17, 15) is 5.11 Å². The maximum absolute atomic E-state index is 9.45. The van der Waals surface area contributed by atoms with Gasteiger partial charge in [0.05, 0.1) is 5.69 Å². The third kappa shape index (κ3) is 2.89. The average molecular weight is 251 g/mol. The molecule has 0 amide bonds. The number of aromatic hydroxyl groups is 1. The lowest BCUT2D eigenvalue weighted by Gasteiger charge is -2.14. The number of hydrogen-bond acceptors (Lipinski definition) is 2. The van der Waals surface area contributed by atoms with Crippen molar-refractivity contribution >= 4 is 5.69 Å². The van der Waals surface area contributed by atoms with E-state index in [0.717, 1.165) is 11.1 Å². The van der Waals surface area contributed by atoms with Gasteiger partial charge in [0.25, 0.3) is 0 Å². The van der Waals surface area contributed by atoms with Crippen LogP contribution in [0.4, 0.5) is 5.69 Å². The molecule has 0 spiro atoms. The summed E-state index contributed by atoms with van der Waals surface area (Å²) in [5, 5.41) is 9.45. The molecular formula is C17H17NO.